The summed E-state index contributed by atoms with van der Waals surface area (Å²) in [6.07, 6.45) is -1.21. The van der Waals surface area contributed by atoms with Crippen LogP contribution in [0, 0.1) is 0 Å². The number of rotatable bonds is 13. The van der Waals surface area contributed by atoms with E-state index in [9.17, 15) is 0 Å². The molecule has 0 aliphatic carbocycles. The molecule has 1 fully saturated rings. The van der Waals surface area contributed by atoms with Crippen LogP contribution in [0.3, 0.4) is 0 Å². The Labute approximate surface area is 235 Å². The molecule has 0 radical (unpaired) electrons. The molecule has 1 saturated heterocycles. The summed E-state index contributed by atoms with van der Waals surface area (Å²) in [5, 5.41) is 0. The summed E-state index contributed by atoms with van der Waals surface area (Å²) in [6, 6.07) is 35.6. The van der Waals surface area contributed by atoms with Gasteiger partial charge in [-0.2, -0.15) is 0 Å². The molecule has 3 aromatic carbocycles. The number of nitrogens with zero attached hydrogens (tertiary/aromatic N) is 1. The van der Waals surface area contributed by atoms with Gasteiger partial charge in [0.25, 0.3) is 0 Å². The van der Waals surface area contributed by atoms with Gasteiger partial charge < -0.3 is 28.4 Å². The van der Waals surface area contributed by atoms with E-state index in [1.165, 1.54) is 0 Å². The third-order valence-corrected chi connectivity index (χ3v) is 6.68. The minimum atomic E-state index is -0.696. The molecule has 5 atom stereocenters. The fraction of sp³-hybridized carbons (Fsp3) is 0.303. The van der Waals surface area contributed by atoms with E-state index in [0.29, 0.717) is 25.7 Å². The van der Waals surface area contributed by atoms with Crippen molar-refractivity contribution in [2.75, 3.05) is 13.7 Å². The van der Waals surface area contributed by atoms with Crippen LogP contribution in [0.5, 0.6) is 5.88 Å². The van der Waals surface area contributed by atoms with Crippen LogP contribution in [0.4, 0.5) is 0 Å². The van der Waals surface area contributed by atoms with Gasteiger partial charge in [0.2, 0.25) is 5.88 Å². The topological polar surface area (TPSA) is 68.3 Å². The second-order valence-corrected chi connectivity index (χ2v) is 9.55. The Balaban J connectivity index is 1.40. The van der Waals surface area contributed by atoms with E-state index in [-0.39, 0.29) is 6.61 Å². The van der Waals surface area contributed by atoms with Crippen LogP contribution in [0.2, 0.25) is 0 Å². The maximum atomic E-state index is 6.59. The van der Waals surface area contributed by atoms with E-state index in [2.05, 4.69) is 4.98 Å². The van der Waals surface area contributed by atoms with E-state index in [1.807, 2.05) is 109 Å². The average Bonchev–Trinajstić information content (AvgIpc) is 3.02. The molecule has 0 amide bonds. The van der Waals surface area contributed by atoms with Gasteiger partial charge in [0.15, 0.2) is 12.4 Å². The predicted octanol–water partition coefficient (Wildman–Crippen LogP) is 5.59. The van der Waals surface area contributed by atoms with Gasteiger partial charge in [0.05, 0.1) is 26.4 Å². The van der Waals surface area contributed by atoms with Crippen molar-refractivity contribution in [3.8, 4) is 5.88 Å². The van der Waals surface area contributed by atoms with Gasteiger partial charge in [0, 0.05) is 19.4 Å². The molecule has 1 aromatic heterocycles. The van der Waals surface area contributed by atoms with Crippen molar-refractivity contribution in [3.05, 3.63) is 132 Å². The first-order chi connectivity index (χ1) is 19.8. The molecule has 4 aromatic rings. The molecule has 1 aliphatic rings. The van der Waals surface area contributed by atoms with Crippen molar-refractivity contribution in [2.45, 2.75) is 50.5 Å². The molecule has 0 bridgehead atoms. The van der Waals surface area contributed by atoms with Crippen molar-refractivity contribution >= 4 is 0 Å². The SMILES string of the molecule is CO[C@H]1O[C@H](COCc2ccccc2)[C@@H](Oc2ccccn2)[C@H](OCc2ccccc2)[C@H]1OCc1ccccc1. The monoisotopic (exact) mass is 541 g/mol. The number of ether oxygens (including phenoxy) is 6. The van der Waals surface area contributed by atoms with E-state index >= 15 is 0 Å². The fourth-order valence-electron chi connectivity index (χ4n) is 4.67. The van der Waals surface area contributed by atoms with Crippen molar-refractivity contribution < 1.29 is 28.4 Å². The second-order valence-electron chi connectivity index (χ2n) is 9.55. The summed E-state index contributed by atoms with van der Waals surface area (Å²) < 4.78 is 37.9. The molecule has 7 nitrogen and oxygen atoms in total. The van der Waals surface area contributed by atoms with Crippen molar-refractivity contribution in [1.29, 1.82) is 0 Å². The zero-order valence-electron chi connectivity index (χ0n) is 22.6. The van der Waals surface area contributed by atoms with Gasteiger partial charge in [-0.25, -0.2) is 4.98 Å². The zero-order chi connectivity index (χ0) is 27.4. The molecule has 1 aliphatic heterocycles. The molecule has 0 N–H and O–H groups in total. The first-order valence-electron chi connectivity index (χ1n) is 13.5. The number of hydrogen-bond acceptors (Lipinski definition) is 7. The number of methoxy groups -OCH3 is 1. The van der Waals surface area contributed by atoms with Gasteiger partial charge >= 0.3 is 0 Å². The molecular weight excluding hydrogens is 506 g/mol. The van der Waals surface area contributed by atoms with E-state index in [4.69, 9.17) is 28.4 Å². The Kier molecular flexibility index (Phi) is 10.3. The lowest BCUT2D eigenvalue weighted by Gasteiger charge is -2.45. The molecule has 208 valence electrons. The lowest BCUT2D eigenvalue weighted by atomic mass is 9.98. The Morgan fingerprint density at radius 3 is 1.73 bits per heavy atom. The smallest absolute Gasteiger partial charge is 0.213 e. The highest BCUT2D eigenvalue weighted by atomic mass is 16.7. The zero-order valence-corrected chi connectivity index (χ0v) is 22.6. The second kappa shape index (κ2) is 14.7. The average molecular weight is 542 g/mol. The van der Waals surface area contributed by atoms with Gasteiger partial charge in [0.1, 0.15) is 18.3 Å². The van der Waals surface area contributed by atoms with Crippen LogP contribution in [0.25, 0.3) is 0 Å². The summed E-state index contributed by atoms with van der Waals surface area (Å²) >= 11 is 0. The summed E-state index contributed by atoms with van der Waals surface area (Å²) in [6.45, 7) is 1.44. The first-order valence-corrected chi connectivity index (χ1v) is 13.5. The lowest BCUT2D eigenvalue weighted by molar-refractivity contribution is -0.312. The molecule has 5 rings (SSSR count). The predicted molar refractivity (Wildman–Crippen MR) is 150 cm³/mol. The maximum absolute atomic E-state index is 6.59. The van der Waals surface area contributed by atoms with Gasteiger partial charge in [-0.05, 0) is 22.8 Å². The third-order valence-electron chi connectivity index (χ3n) is 6.68. The van der Waals surface area contributed by atoms with Crippen LogP contribution < -0.4 is 4.74 Å². The van der Waals surface area contributed by atoms with Gasteiger partial charge in [-0.3, -0.25) is 0 Å². The maximum Gasteiger partial charge on any atom is 0.213 e. The van der Waals surface area contributed by atoms with Crippen LogP contribution in [0.1, 0.15) is 16.7 Å². The first kappa shape index (κ1) is 28.0. The Morgan fingerprint density at radius 1 is 0.625 bits per heavy atom. The van der Waals surface area contributed by atoms with E-state index in [1.54, 1.807) is 13.3 Å². The molecule has 0 saturated carbocycles. The number of pyridine rings is 1. The normalized spacial score (nSPS) is 22.6. The quantitative estimate of drug-likeness (QED) is 0.219. The summed E-state index contributed by atoms with van der Waals surface area (Å²) in [7, 11) is 1.61. The largest absolute Gasteiger partial charge is 0.469 e. The van der Waals surface area contributed by atoms with Crippen molar-refractivity contribution in [3.63, 3.8) is 0 Å². The minimum absolute atomic E-state index is 0.267. The summed E-state index contributed by atoms with van der Waals surface area (Å²) in [5.41, 5.74) is 3.15. The molecule has 0 spiro atoms. The van der Waals surface area contributed by atoms with Gasteiger partial charge in [-0.15, -0.1) is 0 Å². The third kappa shape index (κ3) is 7.75. The number of aromatic nitrogens is 1. The van der Waals surface area contributed by atoms with E-state index in [0.717, 1.165) is 16.7 Å². The Bertz CT molecular complexity index is 1250. The molecule has 7 heteroatoms. The molecule has 2 heterocycles. The molecule has 40 heavy (non-hydrogen) atoms. The lowest BCUT2D eigenvalue weighted by Crippen LogP contribution is -2.62. The summed E-state index contributed by atoms with van der Waals surface area (Å²) in [5.74, 6) is 0.468. The number of benzene rings is 3. The minimum Gasteiger partial charge on any atom is -0.469 e. The van der Waals surface area contributed by atoms with Crippen LogP contribution in [-0.2, 0) is 43.5 Å². The van der Waals surface area contributed by atoms with Crippen molar-refractivity contribution in [2.24, 2.45) is 0 Å². The van der Waals surface area contributed by atoms with Gasteiger partial charge in [-0.1, -0.05) is 97.1 Å². The number of hydrogen-bond donors (Lipinski definition) is 0. The Morgan fingerprint density at radius 2 is 1.18 bits per heavy atom. The highest BCUT2D eigenvalue weighted by molar-refractivity contribution is 5.16. The van der Waals surface area contributed by atoms with Crippen LogP contribution in [0.15, 0.2) is 115 Å². The fourth-order valence-corrected chi connectivity index (χ4v) is 4.67. The molecular formula is C33H35NO6. The highest BCUT2D eigenvalue weighted by Crippen LogP contribution is 2.31. The van der Waals surface area contributed by atoms with Crippen molar-refractivity contribution in [1.82, 2.24) is 4.98 Å². The van der Waals surface area contributed by atoms with Crippen LogP contribution in [-0.4, -0.2) is 49.4 Å². The van der Waals surface area contributed by atoms with Crippen LogP contribution >= 0.6 is 0 Å². The summed E-state index contributed by atoms with van der Waals surface area (Å²) in [4.78, 5) is 4.40. The standard InChI is InChI=1S/C33H35NO6/c1-35-33-32(38-23-27-17-9-4-10-18-27)31(37-22-26-15-7-3-8-16-26)30(40-29-19-11-12-20-34-29)28(39-33)24-36-21-25-13-5-2-6-14-25/h2-20,28,30-33H,21-24H2,1H3/t28-,30-,31+,32-,33+/m1/s1. The molecule has 0 unspecified atom stereocenters. The Hall–Kier alpha value is -3.59. The van der Waals surface area contributed by atoms with E-state index < -0.39 is 30.7 Å². The highest BCUT2D eigenvalue weighted by Gasteiger charge is 2.49.